The molecule has 1 amide bonds. The summed E-state index contributed by atoms with van der Waals surface area (Å²) in [4.78, 5) is 28.5. The third-order valence-corrected chi connectivity index (χ3v) is 6.48. The minimum Gasteiger partial charge on any atom is -0.352 e. The Hall–Kier alpha value is -4.78. The van der Waals surface area contributed by atoms with Crippen molar-refractivity contribution in [2.24, 2.45) is 0 Å². The average molecular weight is 491 g/mol. The van der Waals surface area contributed by atoms with Gasteiger partial charge in [0.1, 0.15) is 0 Å². The number of non-ortho nitro benzene ring substituents is 1. The number of nitrogens with zero attached hydrogens (tertiary/aromatic N) is 3. The number of aromatic nitrogens is 2. The summed E-state index contributed by atoms with van der Waals surface area (Å²) < 4.78 is 2.10. The molecule has 0 aliphatic rings. The van der Waals surface area contributed by atoms with Crippen molar-refractivity contribution < 1.29 is 9.72 Å². The van der Waals surface area contributed by atoms with Gasteiger partial charge in [-0.25, -0.2) is 0 Å². The van der Waals surface area contributed by atoms with Gasteiger partial charge in [-0.2, -0.15) is 0 Å². The second-order valence-electron chi connectivity index (χ2n) is 8.96. The number of carbonyl (C=O) groups excluding carboxylic acids is 1. The van der Waals surface area contributed by atoms with E-state index in [1.807, 2.05) is 66.9 Å². The number of nitrogens with one attached hydrogen (secondary N) is 1. The Morgan fingerprint density at radius 1 is 0.946 bits per heavy atom. The van der Waals surface area contributed by atoms with Gasteiger partial charge < -0.3 is 9.88 Å². The van der Waals surface area contributed by atoms with Crippen LogP contribution < -0.4 is 5.32 Å². The lowest BCUT2D eigenvalue weighted by Crippen LogP contribution is -2.25. The van der Waals surface area contributed by atoms with Crippen LogP contribution in [0.3, 0.4) is 0 Å². The Bertz CT molecular complexity index is 1520. The summed E-state index contributed by atoms with van der Waals surface area (Å²) in [6, 6.07) is 28.6. The summed E-state index contributed by atoms with van der Waals surface area (Å²) >= 11 is 0. The van der Waals surface area contributed by atoms with Crippen LogP contribution in [0.25, 0.3) is 10.9 Å². The molecule has 0 unspecified atom stereocenters. The van der Waals surface area contributed by atoms with Crippen molar-refractivity contribution in [3.63, 3.8) is 0 Å². The molecular weight excluding hydrogens is 464 g/mol. The quantitative estimate of drug-likeness (QED) is 0.208. The topological polar surface area (TPSA) is 90.1 Å². The van der Waals surface area contributed by atoms with Crippen molar-refractivity contribution in [1.82, 2.24) is 14.9 Å². The van der Waals surface area contributed by atoms with Gasteiger partial charge in [-0.15, -0.1) is 0 Å². The Labute approximate surface area is 214 Å². The number of nitro benzene ring substituents is 1. The van der Waals surface area contributed by atoms with Crippen LogP contribution in [0.4, 0.5) is 5.69 Å². The molecule has 5 rings (SSSR count). The van der Waals surface area contributed by atoms with Gasteiger partial charge in [-0.1, -0.05) is 66.7 Å². The molecule has 0 saturated carbocycles. The Morgan fingerprint density at radius 3 is 2.38 bits per heavy atom. The number of nitro groups is 1. The maximum absolute atomic E-state index is 13.1. The standard InChI is InChI=1S/C30H26N4O3/c35-30(32-19-23-10-7-15-31-18-23)17-26(24-11-5-2-6-12-24)28-21-33(20-22-8-3-1-4-9-22)29-14-13-25(34(36)37)16-27(28)29/h1-16,18,21,26H,17,19-20H2,(H,32,35)/t26-/m1/s1. The molecule has 2 aromatic heterocycles. The second kappa shape index (κ2) is 10.9. The number of hydrogen-bond donors (Lipinski definition) is 1. The maximum Gasteiger partial charge on any atom is 0.270 e. The average Bonchev–Trinajstić information content (AvgIpc) is 3.29. The van der Waals surface area contributed by atoms with E-state index < -0.39 is 0 Å². The van der Waals surface area contributed by atoms with Crippen LogP contribution in [0.2, 0.25) is 0 Å². The first-order chi connectivity index (χ1) is 18.1. The second-order valence-corrected chi connectivity index (χ2v) is 8.96. The molecule has 0 aliphatic heterocycles. The number of fused-ring (bicyclic) bond motifs is 1. The van der Waals surface area contributed by atoms with Gasteiger partial charge in [0.15, 0.2) is 0 Å². The predicted molar refractivity (Wildman–Crippen MR) is 143 cm³/mol. The van der Waals surface area contributed by atoms with Crippen LogP contribution in [-0.2, 0) is 17.9 Å². The molecule has 184 valence electrons. The number of benzene rings is 3. The van der Waals surface area contributed by atoms with Gasteiger partial charge in [0.2, 0.25) is 5.91 Å². The van der Waals surface area contributed by atoms with Crippen LogP contribution in [-0.4, -0.2) is 20.4 Å². The Balaban J connectivity index is 1.54. The van der Waals surface area contributed by atoms with E-state index in [9.17, 15) is 14.9 Å². The smallest absolute Gasteiger partial charge is 0.270 e. The molecule has 0 fully saturated rings. The number of rotatable bonds is 9. The highest BCUT2D eigenvalue weighted by molar-refractivity contribution is 5.88. The summed E-state index contributed by atoms with van der Waals surface area (Å²) in [7, 11) is 0. The van der Waals surface area contributed by atoms with E-state index >= 15 is 0 Å². The van der Waals surface area contributed by atoms with Crippen molar-refractivity contribution in [3.05, 3.63) is 142 Å². The molecule has 0 saturated heterocycles. The lowest BCUT2D eigenvalue weighted by atomic mass is 9.88. The van der Waals surface area contributed by atoms with Gasteiger partial charge in [-0.3, -0.25) is 19.9 Å². The molecule has 37 heavy (non-hydrogen) atoms. The van der Waals surface area contributed by atoms with Crippen molar-refractivity contribution in [2.75, 3.05) is 0 Å². The molecule has 1 atom stereocenters. The molecule has 7 nitrogen and oxygen atoms in total. The van der Waals surface area contributed by atoms with Crippen molar-refractivity contribution in [1.29, 1.82) is 0 Å². The monoisotopic (exact) mass is 490 g/mol. The van der Waals surface area contributed by atoms with Crippen LogP contribution in [0.1, 0.15) is 34.6 Å². The molecule has 0 bridgehead atoms. The highest BCUT2D eigenvalue weighted by Crippen LogP contribution is 2.36. The van der Waals surface area contributed by atoms with Gasteiger partial charge >= 0.3 is 0 Å². The van der Waals surface area contributed by atoms with Gasteiger partial charge in [0.05, 0.1) is 4.92 Å². The first-order valence-corrected chi connectivity index (χ1v) is 12.1. The van der Waals surface area contributed by atoms with Crippen LogP contribution in [0, 0.1) is 10.1 Å². The summed E-state index contributed by atoms with van der Waals surface area (Å²) in [5.74, 6) is -0.385. The van der Waals surface area contributed by atoms with E-state index in [4.69, 9.17) is 0 Å². The lowest BCUT2D eigenvalue weighted by Gasteiger charge is -2.17. The van der Waals surface area contributed by atoms with Crippen LogP contribution in [0.15, 0.2) is 110 Å². The summed E-state index contributed by atoms with van der Waals surface area (Å²) in [5.41, 5.74) is 4.82. The summed E-state index contributed by atoms with van der Waals surface area (Å²) in [5, 5.41) is 15.4. The van der Waals surface area contributed by atoms with Crippen LogP contribution >= 0.6 is 0 Å². The molecule has 0 radical (unpaired) electrons. The molecule has 2 heterocycles. The zero-order valence-corrected chi connectivity index (χ0v) is 20.2. The van der Waals surface area contributed by atoms with E-state index in [0.717, 1.165) is 33.2 Å². The first-order valence-electron chi connectivity index (χ1n) is 12.1. The van der Waals surface area contributed by atoms with Gasteiger partial charge in [0, 0.05) is 67.1 Å². The zero-order chi connectivity index (χ0) is 25.6. The van der Waals surface area contributed by atoms with Crippen molar-refractivity contribution in [2.45, 2.75) is 25.4 Å². The lowest BCUT2D eigenvalue weighted by molar-refractivity contribution is -0.384. The van der Waals surface area contributed by atoms with Gasteiger partial charge in [-0.05, 0) is 34.4 Å². The van der Waals surface area contributed by atoms with E-state index in [1.54, 1.807) is 24.5 Å². The van der Waals surface area contributed by atoms with E-state index in [-0.39, 0.29) is 28.9 Å². The first kappa shape index (κ1) is 23.9. The fraction of sp³-hybridized carbons (Fsp3) is 0.133. The number of hydrogen-bond acceptors (Lipinski definition) is 4. The Kier molecular flexibility index (Phi) is 7.03. The summed E-state index contributed by atoms with van der Waals surface area (Å²) in [6.45, 7) is 0.999. The molecule has 7 heteroatoms. The largest absolute Gasteiger partial charge is 0.352 e. The highest BCUT2D eigenvalue weighted by Gasteiger charge is 2.24. The predicted octanol–water partition coefficient (Wildman–Crippen LogP) is 5.83. The number of pyridine rings is 1. The molecule has 1 N–H and O–H groups in total. The number of amides is 1. The molecule has 0 aliphatic carbocycles. The minimum absolute atomic E-state index is 0.0269. The summed E-state index contributed by atoms with van der Waals surface area (Å²) in [6.07, 6.45) is 5.66. The highest BCUT2D eigenvalue weighted by atomic mass is 16.6. The van der Waals surface area contributed by atoms with E-state index in [0.29, 0.717) is 13.1 Å². The van der Waals surface area contributed by atoms with Gasteiger partial charge in [0.25, 0.3) is 5.69 Å². The zero-order valence-electron chi connectivity index (χ0n) is 20.2. The van der Waals surface area contributed by atoms with Crippen molar-refractivity contribution in [3.8, 4) is 0 Å². The third kappa shape index (κ3) is 5.56. The Morgan fingerprint density at radius 2 is 1.68 bits per heavy atom. The van der Waals surface area contributed by atoms with E-state index in [2.05, 4.69) is 27.0 Å². The number of carbonyl (C=O) groups is 1. The minimum atomic E-state index is -0.379. The fourth-order valence-corrected chi connectivity index (χ4v) is 4.67. The molecular formula is C30H26N4O3. The third-order valence-electron chi connectivity index (χ3n) is 6.48. The SMILES string of the molecule is O=C(C[C@H](c1ccccc1)c1cn(Cc2ccccc2)c2ccc([N+](=O)[O-])cc12)NCc1cccnc1. The normalized spacial score (nSPS) is 11.8. The molecule has 0 spiro atoms. The maximum atomic E-state index is 13.1. The molecule has 3 aromatic carbocycles. The van der Waals surface area contributed by atoms with Crippen LogP contribution in [0.5, 0.6) is 0 Å². The molecule has 5 aromatic rings. The van der Waals surface area contributed by atoms with E-state index in [1.165, 1.54) is 6.07 Å². The fourth-order valence-electron chi connectivity index (χ4n) is 4.67. The van der Waals surface area contributed by atoms with Crippen molar-refractivity contribution >= 4 is 22.5 Å².